The van der Waals surface area contributed by atoms with Crippen LogP contribution >= 0.6 is 0 Å². The zero-order valence-corrected chi connectivity index (χ0v) is 19.2. The predicted molar refractivity (Wildman–Crippen MR) is 127 cm³/mol. The predicted octanol–water partition coefficient (Wildman–Crippen LogP) is 4.98. The van der Waals surface area contributed by atoms with Crippen LogP contribution in [0.15, 0.2) is 53.7 Å². The number of hydrogen-bond donors (Lipinski definition) is 2. The number of nitrogens with one attached hydrogen (secondary N) is 2. The number of hydrogen-bond acceptors (Lipinski definition) is 4. The van der Waals surface area contributed by atoms with Gasteiger partial charge in [-0.05, 0) is 91.6 Å². The number of amides is 2. The Morgan fingerprint density at radius 2 is 1.73 bits per heavy atom. The van der Waals surface area contributed by atoms with Gasteiger partial charge in [0.25, 0.3) is 0 Å². The van der Waals surface area contributed by atoms with Gasteiger partial charge in [-0.15, -0.1) is 0 Å². The van der Waals surface area contributed by atoms with Gasteiger partial charge >= 0.3 is 0 Å². The maximum Gasteiger partial charge on any atom is 0.235 e. The van der Waals surface area contributed by atoms with Gasteiger partial charge in [-0.2, -0.15) is 0 Å². The smallest absolute Gasteiger partial charge is 0.235 e. The minimum absolute atomic E-state index is 0.0119. The van der Waals surface area contributed by atoms with E-state index < -0.39 is 5.41 Å². The molecule has 2 aromatic carbocycles. The van der Waals surface area contributed by atoms with Gasteiger partial charge in [0.1, 0.15) is 0 Å². The number of fused-ring (bicyclic) bond motifs is 1. The Bertz CT molecular complexity index is 1220. The van der Waals surface area contributed by atoms with Crippen LogP contribution in [0.1, 0.15) is 56.2 Å². The van der Waals surface area contributed by atoms with Crippen LogP contribution in [0.2, 0.25) is 0 Å². The zero-order valence-electron chi connectivity index (χ0n) is 19.2. The van der Waals surface area contributed by atoms with Crippen LogP contribution in [0.4, 0.5) is 5.69 Å². The molecule has 2 amide bonds. The van der Waals surface area contributed by atoms with E-state index in [0.717, 1.165) is 65.1 Å². The molecule has 1 fully saturated rings. The van der Waals surface area contributed by atoms with Crippen LogP contribution in [-0.2, 0) is 15.0 Å². The third-order valence-corrected chi connectivity index (χ3v) is 6.79. The summed E-state index contributed by atoms with van der Waals surface area (Å²) in [5.74, 6) is 1.40. The lowest BCUT2D eigenvalue weighted by molar-refractivity contribution is -0.119. The summed E-state index contributed by atoms with van der Waals surface area (Å²) in [5.41, 5.74) is 6.80. The van der Waals surface area contributed by atoms with Crippen molar-refractivity contribution in [2.45, 2.75) is 51.9 Å². The van der Waals surface area contributed by atoms with E-state index in [0.29, 0.717) is 5.75 Å². The molecule has 2 N–H and O–H groups in total. The fourth-order valence-electron chi connectivity index (χ4n) is 4.73. The molecule has 0 unspecified atom stereocenters. The number of anilines is 1. The van der Waals surface area contributed by atoms with Crippen molar-refractivity contribution in [1.82, 2.24) is 5.32 Å². The monoisotopic (exact) mass is 444 g/mol. The SMILES string of the molecule is CC(=O)NC1=C(C)C=C(c2cc(NC(=O)C3(c4ccc5c(c4)OCO5)CC3)ccc2C)CC1. The molecule has 0 saturated heterocycles. The van der Waals surface area contributed by atoms with Crippen LogP contribution in [0.25, 0.3) is 5.57 Å². The molecule has 0 spiro atoms. The summed E-state index contributed by atoms with van der Waals surface area (Å²) in [6.07, 6.45) is 5.40. The van der Waals surface area contributed by atoms with Crippen molar-refractivity contribution in [3.63, 3.8) is 0 Å². The van der Waals surface area contributed by atoms with E-state index >= 15 is 0 Å². The quantitative estimate of drug-likeness (QED) is 0.682. The zero-order chi connectivity index (χ0) is 23.2. The second kappa shape index (κ2) is 8.10. The molecular weight excluding hydrogens is 416 g/mol. The highest BCUT2D eigenvalue weighted by atomic mass is 16.7. The van der Waals surface area contributed by atoms with Gasteiger partial charge in [0, 0.05) is 18.3 Å². The summed E-state index contributed by atoms with van der Waals surface area (Å²) in [7, 11) is 0. The Labute approximate surface area is 193 Å². The molecule has 0 bridgehead atoms. The Morgan fingerprint density at radius 1 is 0.939 bits per heavy atom. The molecule has 0 radical (unpaired) electrons. The van der Waals surface area contributed by atoms with Crippen LogP contribution < -0.4 is 20.1 Å². The van der Waals surface area contributed by atoms with Crippen molar-refractivity contribution in [2.24, 2.45) is 0 Å². The average molecular weight is 445 g/mol. The molecule has 6 heteroatoms. The topological polar surface area (TPSA) is 76.7 Å². The molecule has 170 valence electrons. The summed E-state index contributed by atoms with van der Waals surface area (Å²) in [4.78, 5) is 24.8. The molecule has 5 rings (SSSR count). The van der Waals surface area contributed by atoms with Crippen molar-refractivity contribution < 1.29 is 19.1 Å². The number of allylic oxidation sites excluding steroid dienone is 4. The fourth-order valence-corrected chi connectivity index (χ4v) is 4.73. The Balaban J connectivity index is 1.37. The third-order valence-electron chi connectivity index (χ3n) is 6.79. The standard InChI is InChI=1S/C27H28N2O4/c1-16-4-7-21(14-22(16)19-5-8-23(17(2)12-19)28-18(3)30)29-26(31)27(10-11-27)20-6-9-24-25(13-20)33-15-32-24/h4,6-7,9,12-14H,5,8,10-11,15H2,1-3H3,(H,28,30)(H,29,31). The van der Waals surface area contributed by atoms with Crippen molar-refractivity contribution in [3.8, 4) is 11.5 Å². The normalized spacial score (nSPS) is 18.0. The first-order valence-electron chi connectivity index (χ1n) is 11.4. The van der Waals surface area contributed by atoms with E-state index in [-0.39, 0.29) is 18.6 Å². The van der Waals surface area contributed by atoms with Crippen LogP contribution in [-0.4, -0.2) is 18.6 Å². The Morgan fingerprint density at radius 3 is 2.45 bits per heavy atom. The summed E-state index contributed by atoms with van der Waals surface area (Å²) in [5, 5.41) is 6.09. The maximum atomic E-state index is 13.3. The van der Waals surface area contributed by atoms with Gasteiger partial charge < -0.3 is 20.1 Å². The minimum atomic E-state index is -0.511. The van der Waals surface area contributed by atoms with E-state index in [2.05, 4.69) is 29.7 Å². The van der Waals surface area contributed by atoms with Gasteiger partial charge in [-0.25, -0.2) is 0 Å². The highest BCUT2D eigenvalue weighted by Gasteiger charge is 2.51. The second-order valence-corrected chi connectivity index (χ2v) is 9.15. The highest BCUT2D eigenvalue weighted by molar-refractivity contribution is 6.01. The molecule has 1 aliphatic heterocycles. The Hall–Kier alpha value is -3.54. The van der Waals surface area contributed by atoms with Crippen LogP contribution in [0, 0.1) is 6.92 Å². The van der Waals surface area contributed by atoms with Crippen molar-refractivity contribution in [3.05, 3.63) is 70.4 Å². The first-order valence-corrected chi connectivity index (χ1v) is 11.4. The highest BCUT2D eigenvalue weighted by Crippen LogP contribution is 2.51. The van der Waals surface area contributed by atoms with E-state index in [9.17, 15) is 9.59 Å². The number of aryl methyl sites for hydroxylation is 1. The van der Waals surface area contributed by atoms with E-state index in [1.165, 1.54) is 12.5 Å². The maximum absolute atomic E-state index is 13.3. The van der Waals surface area contributed by atoms with Crippen LogP contribution in [0.5, 0.6) is 11.5 Å². The van der Waals surface area contributed by atoms with Crippen LogP contribution in [0.3, 0.4) is 0 Å². The van der Waals surface area contributed by atoms with Gasteiger partial charge in [0.2, 0.25) is 18.6 Å². The third kappa shape index (κ3) is 4.01. The second-order valence-electron chi connectivity index (χ2n) is 9.15. The molecule has 0 atom stereocenters. The Kier molecular flexibility index (Phi) is 5.23. The summed E-state index contributed by atoms with van der Waals surface area (Å²) in [6.45, 7) is 5.86. The van der Waals surface area contributed by atoms with E-state index in [1.807, 2.05) is 37.3 Å². The van der Waals surface area contributed by atoms with Gasteiger partial charge in [-0.3, -0.25) is 9.59 Å². The fraction of sp³-hybridized carbons (Fsp3) is 0.333. The number of rotatable bonds is 5. The number of carbonyl (C=O) groups excluding carboxylic acids is 2. The van der Waals surface area contributed by atoms with Gasteiger partial charge in [0.15, 0.2) is 11.5 Å². The first kappa shape index (κ1) is 21.3. The molecule has 0 aromatic heterocycles. The number of benzene rings is 2. The van der Waals surface area contributed by atoms with Crippen molar-refractivity contribution in [2.75, 3.05) is 12.1 Å². The lowest BCUT2D eigenvalue weighted by Crippen LogP contribution is -2.27. The number of carbonyl (C=O) groups is 2. The first-order chi connectivity index (χ1) is 15.9. The molecule has 33 heavy (non-hydrogen) atoms. The molecular formula is C27H28N2O4. The molecule has 1 saturated carbocycles. The van der Waals surface area contributed by atoms with E-state index in [1.54, 1.807) is 0 Å². The van der Waals surface area contributed by atoms with Crippen molar-refractivity contribution in [1.29, 1.82) is 0 Å². The summed E-state index contributed by atoms with van der Waals surface area (Å²) >= 11 is 0. The summed E-state index contributed by atoms with van der Waals surface area (Å²) in [6, 6.07) is 11.9. The minimum Gasteiger partial charge on any atom is -0.454 e. The largest absolute Gasteiger partial charge is 0.454 e. The lowest BCUT2D eigenvalue weighted by Gasteiger charge is -2.21. The molecule has 2 aromatic rings. The lowest BCUT2D eigenvalue weighted by atomic mass is 9.89. The van der Waals surface area contributed by atoms with E-state index in [4.69, 9.17) is 9.47 Å². The van der Waals surface area contributed by atoms with Gasteiger partial charge in [-0.1, -0.05) is 18.2 Å². The molecule has 3 aliphatic rings. The van der Waals surface area contributed by atoms with Gasteiger partial charge in [0.05, 0.1) is 5.41 Å². The summed E-state index contributed by atoms with van der Waals surface area (Å²) < 4.78 is 10.9. The average Bonchev–Trinajstić information content (AvgIpc) is 3.47. The molecule has 2 aliphatic carbocycles. The van der Waals surface area contributed by atoms with Crippen molar-refractivity contribution >= 4 is 23.1 Å². The number of ether oxygens (including phenoxy) is 2. The molecule has 6 nitrogen and oxygen atoms in total. The molecule has 1 heterocycles.